The third-order valence-electron chi connectivity index (χ3n) is 6.05. The minimum Gasteiger partial charge on any atom is -0.489 e. The normalized spacial score (nSPS) is 11.9. The molecule has 220 valence electrons. The number of nitrogens with one attached hydrogen (secondary N) is 2. The van der Waals surface area contributed by atoms with E-state index in [1.165, 1.54) is 7.11 Å². The molecular weight excluding hydrogens is 524 g/mol. The second-order valence-corrected chi connectivity index (χ2v) is 10.5. The summed E-state index contributed by atoms with van der Waals surface area (Å²) in [5.74, 6) is 0.271. The first-order chi connectivity index (χ1) is 19.6. The summed E-state index contributed by atoms with van der Waals surface area (Å²) in [5.41, 5.74) is 4.44. The maximum Gasteiger partial charge on any atom is 0.408 e. The highest BCUT2D eigenvalue weighted by atomic mass is 16.6. The predicted molar refractivity (Wildman–Crippen MR) is 158 cm³/mol. The molecule has 0 bridgehead atoms. The van der Waals surface area contributed by atoms with Gasteiger partial charge in [-0.25, -0.2) is 4.79 Å². The molecule has 9 nitrogen and oxygen atoms in total. The topological polar surface area (TPSA) is 115 Å². The first-order valence-corrected chi connectivity index (χ1v) is 13.5. The van der Waals surface area contributed by atoms with E-state index in [1.807, 2.05) is 66.7 Å². The smallest absolute Gasteiger partial charge is 0.408 e. The minimum atomic E-state index is -0.652. The molecule has 9 heteroatoms. The zero-order chi connectivity index (χ0) is 29.8. The van der Waals surface area contributed by atoms with Crippen molar-refractivity contribution in [3.05, 3.63) is 83.4 Å². The van der Waals surface area contributed by atoms with Crippen LogP contribution < -0.4 is 15.4 Å². The van der Waals surface area contributed by atoms with E-state index in [4.69, 9.17) is 18.9 Å². The molecule has 3 rings (SSSR count). The van der Waals surface area contributed by atoms with Gasteiger partial charge >= 0.3 is 12.1 Å². The summed E-state index contributed by atoms with van der Waals surface area (Å²) < 4.78 is 21.5. The van der Waals surface area contributed by atoms with E-state index in [0.29, 0.717) is 18.9 Å². The number of carbonyl (C=O) groups is 2. The zero-order valence-corrected chi connectivity index (χ0v) is 24.4. The van der Waals surface area contributed by atoms with Gasteiger partial charge in [-0.05, 0) is 73.4 Å². The predicted octanol–water partition coefficient (Wildman–Crippen LogP) is 5.26. The number of rotatable bonds is 13. The summed E-state index contributed by atoms with van der Waals surface area (Å²) in [4.78, 5) is 24.2. The molecule has 0 aliphatic rings. The van der Waals surface area contributed by atoms with E-state index in [9.17, 15) is 14.7 Å². The van der Waals surface area contributed by atoms with Crippen LogP contribution in [0, 0.1) is 0 Å². The molecule has 0 saturated carbocycles. The Morgan fingerprint density at radius 3 is 2.44 bits per heavy atom. The van der Waals surface area contributed by atoms with Gasteiger partial charge in [0.2, 0.25) is 0 Å². The van der Waals surface area contributed by atoms with Crippen LogP contribution in [-0.4, -0.2) is 56.7 Å². The number of aliphatic hydroxyl groups is 1. The first-order valence-electron chi connectivity index (χ1n) is 13.5. The molecule has 0 aliphatic heterocycles. The largest absolute Gasteiger partial charge is 0.489 e. The lowest BCUT2D eigenvalue weighted by Crippen LogP contribution is -2.36. The van der Waals surface area contributed by atoms with Gasteiger partial charge < -0.3 is 34.7 Å². The van der Waals surface area contributed by atoms with Crippen molar-refractivity contribution in [1.29, 1.82) is 0 Å². The third kappa shape index (κ3) is 10.1. The number of para-hydroxylation sites is 1. The number of esters is 1. The Balaban J connectivity index is 1.88. The van der Waals surface area contributed by atoms with Crippen molar-refractivity contribution < 1.29 is 33.6 Å². The van der Waals surface area contributed by atoms with Crippen molar-refractivity contribution >= 4 is 17.7 Å². The molecule has 0 radical (unpaired) electrons. The summed E-state index contributed by atoms with van der Waals surface area (Å²) in [6.07, 6.45) is -0.481. The summed E-state index contributed by atoms with van der Waals surface area (Å²) in [5, 5.41) is 16.2. The molecule has 41 heavy (non-hydrogen) atoms. The maximum absolute atomic E-state index is 12.4. The number of methoxy groups -OCH3 is 2. The first kappa shape index (κ1) is 31.4. The van der Waals surface area contributed by atoms with Crippen molar-refractivity contribution in [3.8, 4) is 16.9 Å². The van der Waals surface area contributed by atoms with Gasteiger partial charge in [0.1, 0.15) is 18.0 Å². The van der Waals surface area contributed by atoms with Gasteiger partial charge in [-0.15, -0.1) is 0 Å². The van der Waals surface area contributed by atoms with E-state index >= 15 is 0 Å². The van der Waals surface area contributed by atoms with Gasteiger partial charge in [-0.2, -0.15) is 0 Å². The quantitative estimate of drug-likeness (QED) is 0.190. The molecule has 1 atom stereocenters. The van der Waals surface area contributed by atoms with Crippen LogP contribution in [0.5, 0.6) is 5.75 Å². The highest BCUT2D eigenvalue weighted by Crippen LogP contribution is 2.29. The number of anilines is 1. The van der Waals surface area contributed by atoms with Crippen LogP contribution in [-0.2, 0) is 32.0 Å². The standard InChI is InChI=1S/C32H40N2O7/c1-32(2,3)41-31(37)34-28(20-35)24-11-8-10-23(17-24)26-15-22(16-27(18-26)33-13-14-38-4)21-40-29-12-7-6-9-25(29)19-30(36)39-5/h6-12,15-18,28,33,35H,13-14,19-21H2,1-5H3,(H,34,37)/t28-/m1/s1. The van der Waals surface area contributed by atoms with E-state index in [-0.39, 0.29) is 25.6 Å². The lowest BCUT2D eigenvalue weighted by atomic mass is 9.98. The second kappa shape index (κ2) is 15.1. The number of benzene rings is 3. The number of amides is 1. The van der Waals surface area contributed by atoms with Crippen LogP contribution in [0.1, 0.15) is 43.5 Å². The Bertz CT molecular complexity index is 1300. The van der Waals surface area contributed by atoms with E-state index in [1.54, 1.807) is 27.9 Å². The van der Waals surface area contributed by atoms with E-state index in [2.05, 4.69) is 10.6 Å². The number of ether oxygens (including phenoxy) is 4. The molecular formula is C32H40N2O7. The number of alkyl carbamates (subject to hydrolysis) is 1. The highest BCUT2D eigenvalue weighted by molar-refractivity contribution is 5.73. The van der Waals surface area contributed by atoms with Gasteiger partial charge in [0, 0.05) is 24.9 Å². The van der Waals surface area contributed by atoms with Crippen LogP contribution in [0.2, 0.25) is 0 Å². The highest BCUT2D eigenvalue weighted by Gasteiger charge is 2.20. The van der Waals surface area contributed by atoms with Crippen LogP contribution in [0.4, 0.5) is 10.5 Å². The molecule has 0 spiro atoms. The average Bonchev–Trinajstić information content (AvgIpc) is 2.94. The Morgan fingerprint density at radius 1 is 0.951 bits per heavy atom. The molecule has 0 aromatic heterocycles. The molecule has 3 aromatic rings. The van der Waals surface area contributed by atoms with Gasteiger partial charge in [-0.1, -0.05) is 36.4 Å². The maximum atomic E-state index is 12.4. The average molecular weight is 565 g/mol. The van der Waals surface area contributed by atoms with Crippen LogP contribution in [0.25, 0.3) is 11.1 Å². The molecule has 3 aromatic carbocycles. The Morgan fingerprint density at radius 2 is 1.73 bits per heavy atom. The summed E-state index contributed by atoms with van der Waals surface area (Å²) in [7, 11) is 3.01. The van der Waals surface area contributed by atoms with Crippen molar-refractivity contribution in [3.63, 3.8) is 0 Å². The Labute approximate surface area is 241 Å². The fraction of sp³-hybridized carbons (Fsp3) is 0.375. The lowest BCUT2D eigenvalue weighted by Gasteiger charge is -2.23. The molecule has 3 N–H and O–H groups in total. The monoisotopic (exact) mass is 564 g/mol. The van der Waals surface area contributed by atoms with Gasteiger partial charge in [-0.3, -0.25) is 4.79 Å². The summed E-state index contributed by atoms with van der Waals surface area (Å²) in [6.45, 7) is 6.50. The Kier molecular flexibility index (Phi) is 11.6. The van der Waals surface area contributed by atoms with Crippen molar-refractivity contribution in [2.75, 3.05) is 39.3 Å². The third-order valence-corrected chi connectivity index (χ3v) is 6.05. The lowest BCUT2D eigenvalue weighted by molar-refractivity contribution is -0.139. The van der Waals surface area contributed by atoms with Crippen molar-refractivity contribution in [2.45, 2.75) is 45.4 Å². The number of aliphatic hydroxyl groups excluding tert-OH is 1. The molecule has 1 amide bonds. The van der Waals surface area contributed by atoms with Crippen LogP contribution in [0.3, 0.4) is 0 Å². The van der Waals surface area contributed by atoms with Gasteiger partial charge in [0.05, 0.1) is 32.8 Å². The van der Waals surface area contributed by atoms with Gasteiger partial charge in [0.25, 0.3) is 0 Å². The molecule has 0 heterocycles. The SMILES string of the molecule is COCCNc1cc(COc2ccccc2CC(=O)OC)cc(-c2cccc([C@@H](CO)NC(=O)OC(C)(C)C)c2)c1. The minimum absolute atomic E-state index is 0.118. The second-order valence-electron chi connectivity index (χ2n) is 10.5. The fourth-order valence-corrected chi connectivity index (χ4v) is 4.14. The van der Waals surface area contributed by atoms with Crippen LogP contribution in [0.15, 0.2) is 66.7 Å². The number of hydrogen-bond donors (Lipinski definition) is 3. The summed E-state index contributed by atoms with van der Waals surface area (Å²) >= 11 is 0. The molecule has 0 unspecified atom stereocenters. The number of hydrogen-bond acceptors (Lipinski definition) is 8. The number of carbonyl (C=O) groups excluding carboxylic acids is 2. The van der Waals surface area contributed by atoms with Crippen molar-refractivity contribution in [2.24, 2.45) is 0 Å². The van der Waals surface area contributed by atoms with Crippen LogP contribution >= 0.6 is 0 Å². The van der Waals surface area contributed by atoms with Crippen molar-refractivity contribution in [1.82, 2.24) is 5.32 Å². The van der Waals surface area contributed by atoms with Gasteiger partial charge in [0.15, 0.2) is 0 Å². The Hall–Kier alpha value is -4.08. The molecule has 0 fully saturated rings. The molecule has 0 aliphatic carbocycles. The molecule has 0 saturated heterocycles. The van der Waals surface area contributed by atoms with E-state index < -0.39 is 17.7 Å². The fourth-order valence-electron chi connectivity index (χ4n) is 4.14. The van der Waals surface area contributed by atoms with E-state index in [0.717, 1.165) is 33.5 Å². The summed E-state index contributed by atoms with van der Waals surface area (Å²) in [6, 6.07) is 20.4. The zero-order valence-electron chi connectivity index (χ0n) is 24.4.